The molecule has 0 aliphatic heterocycles. The van der Waals surface area contributed by atoms with Crippen LogP contribution < -0.4 is 0 Å². The van der Waals surface area contributed by atoms with Crippen LogP contribution in [0.4, 0.5) is 0 Å². The number of aromatic nitrogens is 2. The van der Waals surface area contributed by atoms with E-state index in [1.165, 1.54) is 87.7 Å². The summed E-state index contributed by atoms with van der Waals surface area (Å²) in [6.07, 6.45) is 0. The summed E-state index contributed by atoms with van der Waals surface area (Å²) in [6.45, 7) is 0. The topological polar surface area (TPSA) is 9.86 Å². The maximum Gasteiger partial charge on any atom is 0.0548 e. The van der Waals surface area contributed by atoms with Gasteiger partial charge in [0, 0.05) is 32.7 Å². The Labute approximate surface area is 266 Å². The van der Waals surface area contributed by atoms with E-state index in [1.54, 1.807) is 0 Å². The monoisotopic (exact) mass is 584 g/mol. The third kappa shape index (κ3) is 3.47. The highest BCUT2D eigenvalue weighted by molar-refractivity contribution is 6.16. The van der Waals surface area contributed by atoms with Gasteiger partial charge in [-0.15, -0.1) is 0 Å². The molecule has 0 saturated carbocycles. The quantitative estimate of drug-likeness (QED) is 0.195. The summed E-state index contributed by atoms with van der Waals surface area (Å²) < 4.78 is 4.95. The van der Waals surface area contributed by atoms with Gasteiger partial charge in [-0.1, -0.05) is 133 Å². The molecule has 0 aliphatic carbocycles. The molecular weight excluding hydrogens is 556 g/mol. The molecule has 46 heavy (non-hydrogen) atoms. The number of hydrogen-bond donors (Lipinski definition) is 0. The number of fused-ring (bicyclic) bond motifs is 8. The molecule has 2 heterocycles. The van der Waals surface area contributed by atoms with Crippen LogP contribution in [0.5, 0.6) is 0 Å². The van der Waals surface area contributed by atoms with Crippen molar-refractivity contribution in [2.75, 3.05) is 0 Å². The Morgan fingerprint density at radius 2 is 0.522 bits per heavy atom. The highest BCUT2D eigenvalue weighted by Crippen LogP contribution is 2.46. The smallest absolute Gasteiger partial charge is 0.0548 e. The van der Waals surface area contributed by atoms with E-state index >= 15 is 0 Å². The van der Waals surface area contributed by atoms with Crippen LogP contribution in [0.2, 0.25) is 0 Å². The fourth-order valence-electron chi connectivity index (χ4n) is 7.78. The molecule has 10 aromatic rings. The SMILES string of the molecule is c1ccc2c(-c3c(-n4c5ccccc5c5ccccc54)ccc4ccccc34)c(-n3c4ccccc4c4ccccc43)ccc2c1. The van der Waals surface area contributed by atoms with E-state index < -0.39 is 0 Å². The van der Waals surface area contributed by atoms with Crippen LogP contribution in [0.15, 0.2) is 170 Å². The lowest BCUT2D eigenvalue weighted by Crippen LogP contribution is -2.03. The average Bonchev–Trinajstić information content (AvgIpc) is 3.64. The first-order valence-corrected chi connectivity index (χ1v) is 15.9. The maximum atomic E-state index is 2.48. The van der Waals surface area contributed by atoms with Crippen molar-refractivity contribution in [2.24, 2.45) is 0 Å². The molecule has 0 bridgehead atoms. The van der Waals surface area contributed by atoms with Crippen LogP contribution in [0, 0.1) is 0 Å². The van der Waals surface area contributed by atoms with E-state index in [0.29, 0.717) is 0 Å². The second-order valence-electron chi connectivity index (χ2n) is 12.1. The molecule has 214 valence electrons. The molecule has 0 unspecified atom stereocenters. The first-order valence-electron chi connectivity index (χ1n) is 15.9. The number of nitrogens with zero attached hydrogens (tertiary/aromatic N) is 2. The van der Waals surface area contributed by atoms with Crippen molar-refractivity contribution in [3.8, 4) is 22.5 Å². The molecule has 2 nitrogen and oxygen atoms in total. The fraction of sp³-hybridized carbons (Fsp3) is 0. The van der Waals surface area contributed by atoms with Crippen LogP contribution in [0.3, 0.4) is 0 Å². The minimum atomic E-state index is 1.18. The van der Waals surface area contributed by atoms with Crippen LogP contribution in [-0.4, -0.2) is 9.13 Å². The average molecular weight is 585 g/mol. The minimum Gasteiger partial charge on any atom is -0.309 e. The normalized spacial score (nSPS) is 11.9. The van der Waals surface area contributed by atoms with Crippen molar-refractivity contribution < 1.29 is 0 Å². The summed E-state index contributed by atoms with van der Waals surface area (Å²) in [5, 5.41) is 9.97. The molecule has 0 radical (unpaired) electrons. The van der Waals surface area contributed by atoms with Crippen molar-refractivity contribution in [3.63, 3.8) is 0 Å². The van der Waals surface area contributed by atoms with E-state index in [2.05, 4.69) is 179 Å². The van der Waals surface area contributed by atoms with Crippen LogP contribution in [0.1, 0.15) is 0 Å². The largest absolute Gasteiger partial charge is 0.309 e. The molecule has 0 aliphatic rings. The van der Waals surface area contributed by atoms with Gasteiger partial charge in [-0.2, -0.15) is 0 Å². The van der Waals surface area contributed by atoms with Gasteiger partial charge in [-0.05, 0) is 57.9 Å². The molecular formula is C44H28N2. The molecule has 2 heteroatoms. The molecule has 2 aromatic heterocycles. The van der Waals surface area contributed by atoms with Crippen molar-refractivity contribution >= 4 is 65.2 Å². The summed E-state index contributed by atoms with van der Waals surface area (Å²) in [4.78, 5) is 0. The predicted molar refractivity (Wildman–Crippen MR) is 196 cm³/mol. The molecule has 8 aromatic carbocycles. The molecule has 0 saturated heterocycles. The zero-order valence-corrected chi connectivity index (χ0v) is 25.1. The van der Waals surface area contributed by atoms with Crippen molar-refractivity contribution in [1.82, 2.24) is 9.13 Å². The van der Waals surface area contributed by atoms with Crippen LogP contribution in [-0.2, 0) is 0 Å². The summed E-state index contributed by atoms with van der Waals surface area (Å²) in [5.74, 6) is 0. The minimum absolute atomic E-state index is 1.18. The second-order valence-corrected chi connectivity index (χ2v) is 12.1. The van der Waals surface area contributed by atoms with Crippen molar-refractivity contribution in [2.45, 2.75) is 0 Å². The third-order valence-electron chi connectivity index (χ3n) is 9.71. The highest BCUT2D eigenvalue weighted by atomic mass is 15.0. The fourth-order valence-corrected chi connectivity index (χ4v) is 7.78. The summed E-state index contributed by atoms with van der Waals surface area (Å²) in [7, 11) is 0. The van der Waals surface area contributed by atoms with E-state index in [1.807, 2.05) is 0 Å². The van der Waals surface area contributed by atoms with Gasteiger partial charge in [-0.3, -0.25) is 0 Å². The first-order chi connectivity index (χ1) is 22.9. The van der Waals surface area contributed by atoms with E-state index in [9.17, 15) is 0 Å². The van der Waals surface area contributed by atoms with Gasteiger partial charge in [-0.25, -0.2) is 0 Å². The lowest BCUT2D eigenvalue weighted by Gasteiger charge is -2.22. The summed E-state index contributed by atoms with van der Waals surface area (Å²) in [5.41, 5.74) is 9.65. The number of hydrogen-bond acceptors (Lipinski definition) is 0. The Morgan fingerprint density at radius 3 is 0.870 bits per heavy atom. The van der Waals surface area contributed by atoms with Gasteiger partial charge in [0.25, 0.3) is 0 Å². The van der Waals surface area contributed by atoms with Gasteiger partial charge in [0.05, 0.1) is 33.4 Å². The number of rotatable bonds is 3. The first kappa shape index (κ1) is 25.2. The van der Waals surface area contributed by atoms with Gasteiger partial charge in [0.2, 0.25) is 0 Å². The van der Waals surface area contributed by atoms with Crippen molar-refractivity contribution in [1.29, 1.82) is 0 Å². The van der Waals surface area contributed by atoms with E-state index in [0.717, 1.165) is 0 Å². The Hall–Kier alpha value is -6.12. The Bertz CT molecular complexity index is 2510. The third-order valence-corrected chi connectivity index (χ3v) is 9.71. The molecule has 0 amide bonds. The molecule has 0 N–H and O–H groups in total. The van der Waals surface area contributed by atoms with Crippen molar-refractivity contribution in [3.05, 3.63) is 170 Å². The molecule has 0 spiro atoms. The molecule has 10 rings (SSSR count). The van der Waals surface area contributed by atoms with Gasteiger partial charge in [0.15, 0.2) is 0 Å². The summed E-state index contributed by atoms with van der Waals surface area (Å²) >= 11 is 0. The predicted octanol–water partition coefficient (Wildman–Crippen LogP) is 11.9. The maximum absolute atomic E-state index is 2.48. The van der Waals surface area contributed by atoms with Gasteiger partial charge >= 0.3 is 0 Å². The Morgan fingerprint density at radius 1 is 0.239 bits per heavy atom. The highest BCUT2D eigenvalue weighted by Gasteiger charge is 2.23. The van der Waals surface area contributed by atoms with Gasteiger partial charge in [0.1, 0.15) is 0 Å². The second kappa shape index (κ2) is 9.69. The zero-order valence-electron chi connectivity index (χ0n) is 25.1. The lowest BCUT2D eigenvalue weighted by atomic mass is 9.90. The molecule has 0 fully saturated rings. The van der Waals surface area contributed by atoms with Crippen LogP contribution >= 0.6 is 0 Å². The van der Waals surface area contributed by atoms with E-state index in [-0.39, 0.29) is 0 Å². The zero-order chi connectivity index (χ0) is 30.2. The standard InChI is InChI=1S/C44H28N2/c1-3-15-31-29(13-1)25-27-41(45-37-21-9-5-17-33(37)34-18-6-10-22-38(34)45)43(31)44-32-16-4-2-14-30(32)26-28-42(44)46-39-23-11-7-19-35(39)36-20-8-12-24-40(36)46/h1-28H. The van der Waals surface area contributed by atoms with Gasteiger partial charge < -0.3 is 9.13 Å². The molecule has 0 atom stereocenters. The Balaban J connectivity index is 1.44. The lowest BCUT2D eigenvalue weighted by molar-refractivity contribution is 1.17. The number of benzene rings is 8. The number of para-hydroxylation sites is 4. The summed E-state index contributed by atoms with van der Waals surface area (Å²) in [6, 6.07) is 62.1. The Kier molecular flexibility index (Phi) is 5.31. The van der Waals surface area contributed by atoms with Crippen LogP contribution in [0.25, 0.3) is 87.7 Å². The van der Waals surface area contributed by atoms with E-state index in [4.69, 9.17) is 0 Å².